The zero-order valence-corrected chi connectivity index (χ0v) is 16.5. The van der Waals surface area contributed by atoms with Crippen molar-refractivity contribution in [2.75, 3.05) is 24.6 Å². The number of nitro benzene ring substituents is 1. The van der Waals surface area contributed by atoms with E-state index >= 15 is 0 Å². The number of carbonyl (C=O) groups is 1. The third kappa shape index (κ3) is 5.92. The van der Waals surface area contributed by atoms with Gasteiger partial charge in [-0.15, -0.1) is 0 Å². The van der Waals surface area contributed by atoms with Gasteiger partial charge in [-0.3, -0.25) is 14.9 Å². The van der Waals surface area contributed by atoms with E-state index in [9.17, 15) is 14.9 Å². The predicted molar refractivity (Wildman–Crippen MR) is 112 cm³/mol. The van der Waals surface area contributed by atoms with Gasteiger partial charge in [-0.25, -0.2) is 5.43 Å². The zero-order valence-electron chi connectivity index (χ0n) is 15.7. The van der Waals surface area contributed by atoms with Crippen molar-refractivity contribution in [3.63, 3.8) is 0 Å². The minimum absolute atomic E-state index is 0.0252. The molecule has 2 aromatic rings. The summed E-state index contributed by atoms with van der Waals surface area (Å²) in [6.07, 6.45) is 4.75. The highest BCUT2D eigenvalue weighted by molar-refractivity contribution is 6.30. The Morgan fingerprint density at radius 3 is 2.76 bits per heavy atom. The van der Waals surface area contributed by atoms with Crippen LogP contribution in [0.4, 0.5) is 11.4 Å². The lowest BCUT2D eigenvalue weighted by molar-refractivity contribution is -0.384. The molecule has 3 rings (SSSR count). The molecule has 2 aromatic carbocycles. The molecule has 1 aliphatic heterocycles. The van der Waals surface area contributed by atoms with Crippen LogP contribution >= 0.6 is 11.6 Å². The number of hydrazone groups is 1. The van der Waals surface area contributed by atoms with E-state index in [0.717, 1.165) is 31.6 Å². The number of benzene rings is 2. The fourth-order valence-corrected chi connectivity index (χ4v) is 3.27. The van der Waals surface area contributed by atoms with Crippen molar-refractivity contribution in [1.82, 2.24) is 5.43 Å². The summed E-state index contributed by atoms with van der Waals surface area (Å²) in [5.74, 6) is 0.0221. The van der Waals surface area contributed by atoms with Crippen molar-refractivity contribution < 1.29 is 14.5 Å². The molecule has 8 nitrogen and oxygen atoms in total. The number of halogens is 1. The molecule has 29 heavy (non-hydrogen) atoms. The third-order valence-electron chi connectivity index (χ3n) is 4.48. The number of ether oxygens (including phenoxy) is 1. The van der Waals surface area contributed by atoms with Gasteiger partial charge in [0.2, 0.25) is 0 Å². The Balaban J connectivity index is 1.65. The smallest absolute Gasteiger partial charge is 0.277 e. The Morgan fingerprint density at radius 2 is 2.03 bits per heavy atom. The van der Waals surface area contributed by atoms with Crippen LogP contribution in [0.5, 0.6) is 5.75 Å². The molecular weight excluding hydrogens is 396 g/mol. The number of nitro groups is 1. The number of amides is 1. The second kappa shape index (κ2) is 9.88. The molecule has 0 saturated carbocycles. The van der Waals surface area contributed by atoms with E-state index in [1.165, 1.54) is 24.8 Å². The maximum atomic E-state index is 12.0. The van der Waals surface area contributed by atoms with Crippen molar-refractivity contribution in [1.29, 1.82) is 0 Å². The van der Waals surface area contributed by atoms with Crippen LogP contribution in [-0.4, -0.2) is 36.7 Å². The molecule has 1 heterocycles. The average molecular weight is 417 g/mol. The number of anilines is 1. The van der Waals surface area contributed by atoms with Crippen LogP contribution in [0, 0.1) is 10.1 Å². The van der Waals surface area contributed by atoms with Crippen molar-refractivity contribution in [2.24, 2.45) is 5.10 Å². The van der Waals surface area contributed by atoms with Gasteiger partial charge >= 0.3 is 0 Å². The summed E-state index contributed by atoms with van der Waals surface area (Å²) in [6.45, 7) is 1.54. The van der Waals surface area contributed by atoms with Gasteiger partial charge in [0.15, 0.2) is 6.61 Å². The monoisotopic (exact) mass is 416 g/mol. The molecular formula is C20H21ClN4O4. The summed E-state index contributed by atoms with van der Waals surface area (Å²) in [5, 5.41) is 15.6. The minimum Gasteiger partial charge on any atom is -0.484 e. The lowest BCUT2D eigenvalue weighted by Crippen LogP contribution is -2.30. The van der Waals surface area contributed by atoms with Crippen LogP contribution in [0.25, 0.3) is 0 Å². The Bertz CT molecular complexity index is 913. The normalized spacial score (nSPS) is 14.0. The lowest BCUT2D eigenvalue weighted by atomic mass is 10.1. The van der Waals surface area contributed by atoms with Crippen molar-refractivity contribution in [3.8, 4) is 5.75 Å². The molecule has 9 heteroatoms. The van der Waals surface area contributed by atoms with E-state index in [0.29, 0.717) is 16.3 Å². The van der Waals surface area contributed by atoms with E-state index < -0.39 is 10.8 Å². The molecule has 1 N–H and O–H groups in total. The first kappa shape index (κ1) is 20.6. The molecule has 152 valence electrons. The quantitative estimate of drug-likeness (QED) is 0.421. The number of nitrogens with zero attached hydrogens (tertiary/aromatic N) is 3. The lowest BCUT2D eigenvalue weighted by Gasteiger charge is -2.29. The maximum absolute atomic E-state index is 12.0. The van der Waals surface area contributed by atoms with Crippen LogP contribution in [-0.2, 0) is 4.79 Å². The Labute approximate surface area is 173 Å². The fraction of sp³-hybridized carbons (Fsp3) is 0.300. The molecule has 0 radical (unpaired) electrons. The molecule has 0 atom stereocenters. The first-order valence-electron chi connectivity index (χ1n) is 9.26. The molecule has 1 fully saturated rings. The zero-order chi connectivity index (χ0) is 20.6. The SMILES string of the molecule is O=C(COc1cccc(Cl)c1)N/N=C\c1cc([N+](=O)[O-])ccc1N1CCCCC1. The highest BCUT2D eigenvalue weighted by Gasteiger charge is 2.17. The van der Waals surface area contributed by atoms with Crippen LogP contribution in [0.1, 0.15) is 24.8 Å². The third-order valence-corrected chi connectivity index (χ3v) is 4.71. The predicted octanol–water partition coefficient (Wildman–Crippen LogP) is 3.77. The second-order valence-electron chi connectivity index (χ2n) is 6.59. The molecule has 0 bridgehead atoms. The Hall–Kier alpha value is -3.13. The Morgan fingerprint density at radius 1 is 1.24 bits per heavy atom. The van der Waals surface area contributed by atoms with Gasteiger partial charge < -0.3 is 9.64 Å². The molecule has 0 aromatic heterocycles. The molecule has 1 saturated heterocycles. The molecule has 1 aliphatic rings. The van der Waals surface area contributed by atoms with E-state index in [2.05, 4.69) is 15.4 Å². The number of piperidine rings is 1. The Kier molecular flexibility index (Phi) is 7.02. The van der Waals surface area contributed by atoms with E-state index in [-0.39, 0.29) is 12.3 Å². The molecule has 0 unspecified atom stereocenters. The summed E-state index contributed by atoms with van der Waals surface area (Å²) < 4.78 is 5.35. The summed E-state index contributed by atoms with van der Waals surface area (Å²) >= 11 is 5.87. The van der Waals surface area contributed by atoms with Crippen molar-refractivity contribution >= 4 is 35.1 Å². The first-order valence-corrected chi connectivity index (χ1v) is 9.64. The van der Waals surface area contributed by atoms with Crippen LogP contribution in [0.3, 0.4) is 0 Å². The topological polar surface area (TPSA) is 97.1 Å². The summed E-state index contributed by atoms with van der Waals surface area (Å²) in [5.41, 5.74) is 3.80. The van der Waals surface area contributed by atoms with Crippen LogP contribution in [0.15, 0.2) is 47.6 Å². The van der Waals surface area contributed by atoms with Gasteiger partial charge in [0.25, 0.3) is 11.6 Å². The highest BCUT2D eigenvalue weighted by Crippen LogP contribution is 2.27. The number of rotatable bonds is 7. The summed E-state index contributed by atoms with van der Waals surface area (Å²) in [4.78, 5) is 24.8. The van der Waals surface area contributed by atoms with Gasteiger partial charge in [0, 0.05) is 41.5 Å². The first-order chi connectivity index (χ1) is 14.0. The number of carbonyl (C=O) groups excluding carboxylic acids is 1. The molecule has 0 aliphatic carbocycles. The fourth-order valence-electron chi connectivity index (χ4n) is 3.09. The summed E-state index contributed by atoms with van der Waals surface area (Å²) in [7, 11) is 0. The van der Waals surface area contributed by atoms with Gasteiger partial charge in [0.05, 0.1) is 11.1 Å². The van der Waals surface area contributed by atoms with E-state index in [4.69, 9.17) is 16.3 Å². The number of hydrogen-bond donors (Lipinski definition) is 1. The van der Waals surface area contributed by atoms with Crippen LogP contribution < -0.4 is 15.1 Å². The summed E-state index contributed by atoms with van der Waals surface area (Å²) in [6, 6.07) is 11.4. The number of non-ortho nitro benzene ring substituents is 1. The highest BCUT2D eigenvalue weighted by atomic mass is 35.5. The molecule has 1 amide bonds. The van der Waals surface area contributed by atoms with Gasteiger partial charge in [-0.2, -0.15) is 5.10 Å². The maximum Gasteiger partial charge on any atom is 0.277 e. The van der Waals surface area contributed by atoms with Gasteiger partial charge in [-0.05, 0) is 43.5 Å². The van der Waals surface area contributed by atoms with E-state index in [1.807, 2.05) is 0 Å². The molecule has 0 spiro atoms. The minimum atomic E-state index is -0.453. The van der Waals surface area contributed by atoms with Crippen molar-refractivity contribution in [3.05, 3.63) is 63.2 Å². The second-order valence-corrected chi connectivity index (χ2v) is 7.02. The van der Waals surface area contributed by atoms with Crippen LogP contribution in [0.2, 0.25) is 5.02 Å². The van der Waals surface area contributed by atoms with Gasteiger partial charge in [0.1, 0.15) is 5.75 Å². The van der Waals surface area contributed by atoms with Crippen molar-refractivity contribution in [2.45, 2.75) is 19.3 Å². The van der Waals surface area contributed by atoms with E-state index in [1.54, 1.807) is 30.3 Å². The standard InChI is InChI=1S/C20H21ClN4O4/c21-16-5-4-6-18(12-16)29-14-20(26)23-22-13-15-11-17(25(27)28)7-8-19(15)24-9-2-1-3-10-24/h4-8,11-13H,1-3,9-10,14H2,(H,23,26)/b22-13-. The van der Waals surface area contributed by atoms with Gasteiger partial charge in [-0.1, -0.05) is 17.7 Å². The number of hydrogen-bond acceptors (Lipinski definition) is 6. The largest absolute Gasteiger partial charge is 0.484 e. The average Bonchev–Trinajstić information content (AvgIpc) is 2.73. The number of nitrogens with one attached hydrogen (secondary N) is 1.